The summed E-state index contributed by atoms with van der Waals surface area (Å²) in [6, 6.07) is 13.1. The van der Waals surface area contributed by atoms with E-state index in [9.17, 15) is 4.79 Å². The molecule has 5 rings (SSSR count). The van der Waals surface area contributed by atoms with Crippen LogP contribution in [0, 0.1) is 6.92 Å². The molecule has 1 saturated heterocycles. The first-order valence-electron chi connectivity index (χ1n) is 11.9. The summed E-state index contributed by atoms with van der Waals surface area (Å²) in [4.78, 5) is 26.2. The molecule has 8 nitrogen and oxygen atoms in total. The number of hydrogen-bond acceptors (Lipinski definition) is 8. The number of amides is 1. The van der Waals surface area contributed by atoms with Gasteiger partial charge in [-0.15, -0.1) is 11.3 Å². The Hall–Kier alpha value is -3.27. The fourth-order valence-electron chi connectivity index (χ4n) is 4.37. The van der Waals surface area contributed by atoms with Crippen molar-refractivity contribution in [3.8, 4) is 0 Å². The minimum atomic E-state index is -0.382. The first kappa shape index (κ1) is 23.5. The summed E-state index contributed by atoms with van der Waals surface area (Å²) >= 11 is 1.39. The Kier molecular flexibility index (Phi) is 7.37. The normalized spacial score (nSPS) is 15.2. The highest BCUT2D eigenvalue weighted by Gasteiger charge is 2.24. The van der Waals surface area contributed by atoms with Crippen LogP contribution in [0.4, 0.5) is 5.82 Å². The molecule has 9 heteroatoms. The maximum atomic E-state index is 13.4. The van der Waals surface area contributed by atoms with Crippen LogP contribution < -0.4 is 10.6 Å². The number of furan rings is 1. The van der Waals surface area contributed by atoms with Gasteiger partial charge in [-0.3, -0.25) is 9.69 Å². The van der Waals surface area contributed by atoms with Crippen LogP contribution in [-0.2, 0) is 4.74 Å². The van der Waals surface area contributed by atoms with Gasteiger partial charge in [-0.05, 0) is 43.1 Å². The molecule has 1 aliphatic rings. The molecular formula is C26H29N5O3S. The van der Waals surface area contributed by atoms with E-state index in [0.717, 1.165) is 73.0 Å². The van der Waals surface area contributed by atoms with Gasteiger partial charge in [0.25, 0.3) is 5.91 Å². The molecule has 2 N–H and O–H groups in total. The van der Waals surface area contributed by atoms with Gasteiger partial charge in [0, 0.05) is 19.6 Å². The number of carbonyl (C=O) groups is 1. The second-order valence-electron chi connectivity index (χ2n) is 8.53. The molecule has 182 valence electrons. The second kappa shape index (κ2) is 11.0. The van der Waals surface area contributed by atoms with Crippen LogP contribution in [0.3, 0.4) is 0 Å². The molecule has 0 saturated carbocycles. The van der Waals surface area contributed by atoms with E-state index >= 15 is 0 Å². The Morgan fingerprint density at radius 2 is 1.97 bits per heavy atom. The Balaban J connectivity index is 1.32. The van der Waals surface area contributed by atoms with E-state index < -0.39 is 0 Å². The maximum Gasteiger partial charge on any atom is 0.262 e. The van der Waals surface area contributed by atoms with Crippen LogP contribution in [0.2, 0.25) is 0 Å². The minimum Gasteiger partial charge on any atom is -0.467 e. The van der Waals surface area contributed by atoms with Gasteiger partial charge >= 0.3 is 0 Å². The molecule has 3 aromatic heterocycles. The molecule has 1 aliphatic heterocycles. The minimum absolute atomic E-state index is 0.158. The lowest BCUT2D eigenvalue weighted by atomic mass is 10.0. The number of rotatable bonds is 9. The molecule has 0 aliphatic carbocycles. The molecule has 4 heterocycles. The summed E-state index contributed by atoms with van der Waals surface area (Å²) in [6.07, 6.45) is 4.18. The van der Waals surface area contributed by atoms with Crippen LogP contribution in [0.1, 0.15) is 39.0 Å². The van der Waals surface area contributed by atoms with Crippen molar-refractivity contribution in [3.05, 3.63) is 76.8 Å². The standard InChI is InChI=1S/C26H29N5O3S/c1-18-21-24(27-10-6-11-31-12-15-33-16-13-31)28-17-29-26(21)35-23(18)25(32)30-22(20-9-5-14-34-20)19-7-3-2-4-8-19/h2-5,7-9,14,17,22H,6,10-13,15-16H2,1H3,(H,30,32)(H,27,28,29). The van der Waals surface area contributed by atoms with Crippen LogP contribution in [0.15, 0.2) is 59.5 Å². The summed E-state index contributed by atoms with van der Waals surface area (Å²) in [5.41, 5.74) is 1.84. The van der Waals surface area contributed by atoms with Crippen LogP contribution in [0.5, 0.6) is 0 Å². The number of aryl methyl sites for hydroxylation is 1. The summed E-state index contributed by atoms with van der Waals surface area (Å²) in [7, 11) is 0. The third kappa shape index (κ3) is 5.37. The third-order valence-corrected chi connectivity index (χ3v) is 7.41. The lowest BCUT2D eigenvalue weighted by Crippen LogP contribution is -2.37. The average Bonchev–Trinajstić information content (AvgIpc) is 3.55. The number of anilines is 1. The SMILES string of the molecule is Cc1c(C(=O)NC(c2ccccc2)c2ccco2)sc2ncnc(NCCCN3CCOCC3)c12. The zero-order valence-corrected chi connectivity index (χ0v) is 20.5. The van der Waals surface area contributed by atoms with Gasteiger partial charge < -0.3 is 19.8 Å². The van der Waals surface area contributed by atoms with Gasteiger partial charge in [0.05, 0.1) is 29.7 Å². The van der Waals surface area contributed by atoms with Crippen LogP contribution >= 0.6 is 11.3 Å². The molecular weight excluding hydrogens is 462 g/mol. The molecule has 1 amide bonds. The lowest BCUT2D eigenvalue weighted by molar-refractivity contribution is 0.0378. The zero-order valence-electron chi connectivity index (χ0n) is 19.7. The van der Waals surface area contributed by atoms with Crippen molar-refractivity contribution >= 4 is 33.3 Å². The lowest BCUT2D eigenvalue weighted by Gasteiger charge is -2.26. The van der Waals surface area contributed by atoms with Crippen molar-refractivity contribution in [1.29, 1.82) is 0 Å². The maximum absolute atomic E-state index is 13.4. The van der Waals surface area contributed by atoms with Crippen molar-refractivity contribution < 1.29 is 13.9 Å². The molecule has 0 spiro atoms. The summed E-state index contributed by atoms with van der Waals surface area (Å²) in [6.45, 7) is 7.38. The number of benzene rings is 1. The zero-order chi connectivity index (χ0) is 24.0. The van der Waals surface area contributed by atoms with Gasteiger partial charge in [-0.2, -0.15) is 0 Å². The highest BCUT2D eigenvalue weighted by Crippen LogP contribution is 2.34. The number of fused-ring (bicyclic) bond motifs is 1. The highest BCUT2D eigenvalue weighted by molar-refractivity contribution is 7.20. The smallest absolute Gasteiger partial charge is 0.262 e. The second-order valence-corrected chi connectivity index (χ2v) is 9.52. The van der Waals surface area contributed by atoms with Crippen molar-refractivity contribution in [2.75, 3.05) is 44.7 Å². The predicted octanol–water partition coefficient (Wildman–Crippen LogP) is 4.25. The van der Waals surface area contributed by atoms with E-state index in [4.69, 9.17) is 9.15 Å². The number of carbonyl (C=O) groups excluding carboxylic acids is 1. The quantitative estimate of drug-likeness (QED) is 0.338. The molecule has 1 fully saturated rings. The number of ether oxygens (including phenoxy) is 1. The van der Waals surface area contributed by atoms with E-state index in [1.165, 1.54) is 11.3 Å². The third-order valence-electron chi connectivity index (χ3n) is 6.22. The van der Waals surface area contributed by atoms with E-state index in [1.54, 1.807) is 12.6 Å². The number of aromatic nitrogens is 2. The van der Waals surface area contributed by atoms with Crippen molar-refractivity contribution in [2.24, 2.45) is 0 Å². The molecule has 4 aromatic rings. The number of thiophene rings is 1. The Morgan fingerprint density at radius 3 is 2.74 bits per heavy atom. The first-order valence-corrected chi connectivity index (χ1v) is 12.7. The Morgan fingerprint density at radius 1 is 1.14 bits per heavy atom. The molecule has 35 heavy (non-hydrogen) atoms. The van der Waals surface area contributed by atoms with Crippen LogP contribution in [-0.4, -0.2) is 60.2 Å². The van der Waals surface area contributed by atoms with Gasteiger partial charge in [-0.25, -0.2) is 9.97 Å². The summed E-state index contributed by atoms with van der Waals surface area (Å²) < 4.78 is 11.1. The first-order chi connectivity index (χ1) is 17.2. The predicted molar refractivity (Wildman–Crippen MR) is 137 cm³/mol. The Labute approximate surface area is 208 Å². The van der Waals surface area contributed by atoms with E-state index in [0.29, 0.717) is 10.6 Å². The average molecular weight is 492 g/mol. The molecule has 1 unspecified atom stereocenters. The van der Waals surface area contributed by atoms with Crippen LogP contribution in [0.25, 0.3) is 10.2 Å². The fourth-order valence-corrected chi connectivity index (χ4v) is 5.42. The van der Waals surface area contributed by atoms with E-state index in [1.807, 2.05) is 49.4 Å². The number of nitrogens with one attached hydrogen (secondary N) is 2. The number of hydrogen-bond donors (Lipinski definition) is 2. The van der Waals surface area contributed by atoms with Crippen molar-refractivity contribution in [3.63, 3.8) is 0 Å². The fraction of sp³-hybridized carbons (Fsp3) is 0.346. The van der Waals surface area contributed by atoms with E-state index in [-0.39, 0.29) is 11.9 Å². The summed E-state index contributed by atoms with van der Waals surface area (Å²) in [5, 5.41) is 7.52. The molecule has 1 atom stereocenters. The van der Waals surface area contributed by atoms with Gasteiger partial charge in [0.15, 0.2) is 0 Å². The number of morpholine rings is 1. The highest BCUT2D eigenvalue weighted by atomic mass is 32.1. The Bertz CT molecular complexity index is 1250. The van der Waals surface area contributed by atoms with E-state index in [2.05, 4.69) is 25.5 Å². The molecule has 0 bridgehead atoms. The van der Waals surface area contributed by atoms with Gasteiger partial charge in [0.1, 0.15) is 28.8 Å². The van der Waals surface area contributed by atoms with Crippen molar-refractivity contribution in [1.82, 2.24) is 20.2 Å². The van der Waals surface area contributed by atoms with Gasteiger partial charge in [0.2, 0.25) is 0 Å². The largest absolute Gasteiger partial charge is 0.467 e. The monoisotopic (exact) mass is 491 g/mol. The number of nitrogens with zero attached hydrogens (tertiary/aromatic N) is 3. The molecule has 1 aromatic carbocycles. The topological polar surface area (TPSA) is 92.5 Å². The van der Waals surface area contributed by atoms with Gasteiger partial charge in [-0.1, -0.05) is 30.3 Å². The van der Waals surface area contributed by atoms with Crippen molar-refractivity contribution in [2.45, 2.75) is 19.4 Å². The summed E-state index contributed by atoms with van der Waals surface area (Å²) in [5.74, 6) is 1.30. The molecule has 0 radical (unpaired) electrons.